The molecule has 0 radical (unpaired) electrons. The SMILES string of the molecule is O=C(N[C@@H](CC1CCCC1)C(=O)NC1COC1)c1cccc(Nc2ccncc2F)c1. The van der Waals surface area contributed by atoms with Gasteiger partial charge in [0.2, 0.25) is 5.91 Å². The summed E-state index contributed by atoms with van der Waals surface area (Å²) in [6.45, 7) is 1.02. The van der Waals surface area contributed by atoms with Crippen LogP contribution in [0.1, 0.15) is 42.5 Å². The summed E-state index contributed by atoms with van der Waals surface area (Å²) < 4.78 is 19.0. The summed E-state index contributed by atoms with van der Waals surface area (Å²) in [6, 6.07) is 7.72. The zero-order chi connectivity index (χ0) is 21.6. The average molecular weight is 426 g/mol. The normalized spacial score (nSPS) is 17.6. The number of nitrogens with zero attached hydrogens (tertiary/aromatic N) is 1. The van der Waals surface area contributed by atoms with Crippen LogP contribution in [-0.4, -0.2) is 42.1 Å². The van der Waals surface area contributed by atoms with E-state index < -0.39 is 11.9 Å². The van der Waals surface area contributed by atoms with E-state index in [0.29, 0.717) is 36.8 Å². The minimum absolute atomic E-state index is 0.0123. The third-order valence-electron chi connectivity index (χ3n) is 5.83. The van der Waals surface area contributed by atoms with Crippen molar-refractivity contribution < 1.29 is 18.7 Å². The maximum atomic E-state index is 13.9. The lowest BCUT2D eigenvalue weighted by Crippen LogP contribution is -2.55. The van der Waals surface area contributed by atoms with Gasteiger partial charge in [-0.25, -0.2) is 4.39 Å². The largest absolute Gasteiger partial charge is 0.377 e. The van der Waals surface area contributed by atoms with E-state index in [2.05, 4.69) is 20.9 Å². The van der Waals surface area contributed by atoms with Gasteiger partial charge in [0.05, 0.1) is 31.1 Å². The lowest BCUT2D eigenvalue weighted by Gasteiger charge is -2.29. The van der Waals surface area contributed by atoms with E-state index in [1.165, 1.54) is 25.1 Å². The summed E-state index contributed by atoms with van der Waals surface area (Å²) >= 11 is 0. The molecule has 1 aromatic heterocycles. The van der Waals surface area contributed by atoms with Crippen LogP contribution in [0, 0.1) is 11.7 Å². The highest BCUT2D eigenvalue weighted by atomic mass is 19.1. The van der Waals surface area contributed by atoms with Gasteiger partial charge >= 0.3 is 0 Å². The number of anilines is 2. The van der Waals surface area contributed by atoms with Crippen LogP contribution in [0.15, 0.2) is 42.7 Å². The fraction of sp³-hybridized carbons (Fsp3) is 0.435. The van der Waals surface area contributed by atoms with Gasteiger partial charge in [0, 0.05) is 17.4 Å². The minimum Gasteiger partial charge on any atom is -0.377 e. The Morgan fingerprint density at radius 2 is 2.00 bits per heavy atom. The van der Waals surface area contributed by atoms with Crippen LogP contribution >= 0.6 is 0 Å². The zero-order valence-electron chi connectivity index (χ0n) is 17.3. The van der Waals surface area contributed by atoms with E-state index >= 15 is 0 Å². The second-order valence-electron chi connectivity index (χ2n) is 8.22. The van der Waals surface area contributed by atoms with Crippen LogP contribution in [0.25, 0.3) is 0 Å². The first kappa shape index (κ1) is 21.2. The molecule has 31 heavy (non-hydrogen) atoms. The smallest absolute Gasteiger partial charge is 0.252 e. The molecule has 1 saturated carbocycles. The molecule has 2 aromatic rings. The maximum absolute atomic E-state index is 13.9. The summed E-state index contributed by atoms with van der Waals surface area (Å²) in [5.41, 5.74) is 1.24. The van der Waals surface area contributed by atoms with Gasteiger partial charge in [0.15, 0.2) is 5.82 Å². The monoisotopic (exact) mass is 426 g/mol. The molecule has 0 bridgehead atoms. The summed E-state index contributed by atoms with van der Waals surface area (Å²) in [6.07, 6.45) is 7.75. The molecule has 1 saturated heterocycles. The predicted molar refractivity (Wildman–Crippen MR) is 114 cm³/mol. The fourth-order valence-electron chi connectivity index (χ4n) is 4.04. The number of benzene rings is 1. The number of amides is 2. The van der Waals surface area contributed by atoms with Crippen molar-refractivity contribution in [2.45, 2.75) is 44.2 Å². The molecule has 1 aromatic carbocycles. The summed E-state index contributed by atoms with van der Waals surface area (Å²) in [7, 11) is 0. The van der Waals surface area contributed by atoms with Crippen molar-refractivity contribution in [3.8, 4) is 0 Å². The minimum atomic E-state index is -0.592. The van der Waals surface area contributed by atoms with Gasteiger partial charge in [-0.1, -0.05) is 31.7 Å². The molecular weight excluding hydrogens is 399 g/mol. The Hall–Kier alpha value is -3.00. The lowest BCUT2D eigenvalue weighted by atomic mass is 9.97. The fourth-order valence-corrected chi connectivity index (χ4v) is 4.04. The molecule has 2 fully saturated rings. The van der Waals surface area contributed by atoms with Crippen molar-refractivity contribution in [1.82, 2.24) is 15.6 Å². The van der Waals surface area contributed by atoms with Crippen LogP contribution < -0.4 is 16.0 Å². The lowest BCUT2D eigenvalue weighted by molar-refractivity contribution is -0.127. The first-order valence-corrected chi connectivity index (χ1v) is 10.7. The second-order valence-corrected chi connectivity index (χ2v) is 8.22. The Bertz CT molecular complexity index is 929. The molecule has 1 aliphatic heterocycles. The van der Waals surface area contributed by atoms with Gasteiger partial charge in [-0.15, -0.1) is 0 Å². The third kappa shape index (κ3) is 5.58. The third-order valence-corrected chi connectivity index (χ3v) is 5.83. The number of carbonyl (C=O) groups excluding carboxylic acids is 2. The maximum Gasteiger partial charge on any atom is 0.252 e. The van der Waals surface area contributed by atoms with E-state index in [4.69, 9.17) is 4.74 Å². The average Bonchev–Trinajstić information content (AvgIpc) is 3.25. The number of pyridine rings is 1. The number of halogens is 1. The molecule has 2 aliphatic rings. The number of aromatic nitrogens is 1. The molecule has 2 heterocycles. The number of ether oxygens (including phenoxy) is 1. The molecule has 3 N–H and O–H groups in total. The molecule has 7 nitrogen and oxygen atoms in total. The highest BCUT2D eigenvalue weighted by Crippen LogP contribution is 2.29. The summed E-state index contributed by atoms with van der Waals surface area (Å²) in [5, 5.41) is 8.83. The molecule has 2 amide bonds. The molecule has 8 heteroatoms. The Morgan fingerprint density at radius 1 is 1.19 bits per heavy atom. The quantitative estimate of drug-likeness (QED) is 0.603. The highest BCUT2D eigenvalue weighted by Gasteiger charge is 2.30. The van der Waals surface area contributed by atoms with Crippen LogP contribution in [-0.2, 0) is 9.53 Å². The molecule has 164 valence electrons. The number of hydrogen-bond donors (Lipinski definition) is 3. The Kier molecular flexibility index (Phi) is 6.76. The molecule has 0 spiro atoms. The van der Waals surface area contributed by atoms with Crippen LogP contribution in [0.3, 0.4) is 0 Å². The van der Waals surface area contributed by atoms with E-state index in [1.807, 2.05) is 0 Å². The van der Waals surface area contributed by atoms with Gasteiger partial charge in [0.25, 0.3) is 5.91 Å². The van der Waals surface area contributed by atoms with E-state index in [9.17, 15) is 14.0 Å². The number of rotatable bonds is 8. The van der Waals surface area contributed by atoms with Crippen molar-refractivity contribution in [2.75, 3.05) is 18.5 Å². The van der Waals surface area contributed by atoms with Gasteiger partial charge in [-0.05, 0) is 36.6 Å². The Balaban J connectivity index is 1.44. The van der Waals surface area contributed by atoms with E-state index in [1.54, 1.807) is 24.3 Å². The number of hydrogen-bond acceptors (Lipinski definition) is 5. The van der Waals surface area contributed by atoms with Gasteiger partial charge in [-0.2, -0.15) is 0 Å². The van der Waals surface area contributed by atoms with Gasteiger partial charge in [-0.3, -0.25) is 14.6 Å². The number of carbonyl (C=O) groups is 2. The first-order valence-electron chi connectivity index (χ1n) is 10.7. The van der Waals surface area contributed by atoms with Crippen LogP contribution in [0.2, 0.25) is 0 Å². The van der Waals surface area contributed by atoms with Gasteiger partial charge in [0.1, 0.15) is 6.04 Å². The first-order chi connectivity index (χ1) is 15.1. The van der Waals surface area contributed by atoms with Crippen LogP contribution in [0.4, 0.5) is 15.8 Å². The number of nitrogens with one attached hydrogen (secondary N) is 3. The van der Waals surface area contributed by atoms with Crippen molar-refractivity contribution in [3.05, 3.63) is 54.1 Å². The molecule has 4 rings (SSSR count). The molecule has 0 unspecified atom stereocenters. The zero-order valence-corrected chi connectivity index (χ0v) is 17.3. The second kappa shape index (κ2) is 9.87. The Morgan fingerprint density at radius 3 is 2.71 bits per heavy atom. The van der Waals surface area contributed by atoms with Crippen LogP contribution in [0.5, 0.6) is 0 Å². The summed E-state index contributed by atoms with van der Waals surface area (Å²) in [4.78, 5) is 29.5. The standard InChI is InChI=1S/C23H27FN4O3/c24-19-12-25-9-8-20(19)26-17-7-3-6-16(11-17)22(29)28-21(10-15-4-1-2-5-15)23(30)27-18-13-31-14-18/h3,6-9,11-12,15,18,21H,1-2,4-5,10,13-14H2,(H,25,26)(H,27,30)(H,28,29)/t21-/m0/s1. The van der Waals surface area contributed by atoms with Gasteiger partial charge < -0.3 is 20.7 Å². The van der Waals surface area contributed by atoms with Crippen molar-refractivity contribution in [2.24, 2.45) is 5.92 Å². The van der Waals surface area contributed by atoms with E-state index in [-0.39, 0.29) is 23.5 Å². The molecule has 1 atom stereocenters. The summed E-state index contributed by atoms with van der Waals surface area (Å²) in [5.74, 6) is -0.537. The highest BCUT2D eigenvalue weighted by molar-refractivity contribution is 5.98. The van der Waals surface area contributed by atoms with Crippen molar-refractivity contribution in [3.63, 3.8) is 0 Å². The van der Waals surface area contributed by atoms with E-state index in [0.717, 1.165) is 19.0 Å². The topological polar surface area (TPSA) is 92.4 Å². The van der Waals surface area contributed by atoms with Crippen molar-refractivity contribution in [1.29, 1.82) is 0 Å². The molecular formula is C23H27FN4O3. The molecule has 1 aliphatic carbocycles. The Labute approximate surface area is 180 Å². The predicted octanol–water partition coefficient (Wildman–Crippen LogP) is 3.16. The van der Waals surface area contributed by atoms with Crippen molar-refractivity contribution >= 4 is 23.2 Å².